The molecule has 0 radical (unpaired) electrons. The van der Waals surface area contributed by atoms with E-state index in [9.17, 15) is 0 Å². The van der Waals surface area contributed by atoms with Gasteiger partial charge in [0.15, 0.2) is 0 Å². The highest BCUT2D eigenvalue weighted by molar-refractivity contribution is 5.43. The first kappa shape index (κ1) is 9.04. The highest BCUT2D eigenvalue weighted by Crippen LogP contribution is 2.15. The van der Waals surface area contributed by atoms with Gasteiger partial charge in [0.1, 0.15) is 5.82 Å². The zero-order valence-corrected chi connectivity index (χ0v) is 7.80. The lowest BCUT2D eigenvalue weighted by Crippen LogP contribution is -1.99. The Labute approximate surface area is 73.8 Å². The van der Waals surface area contributed by atoms with Crippen LogP contribution in [0.3, 0.4) is 0 Å². The summed E-state index contributed by atoms with van der Waals surface area (Å²) in [6, 6.07) is 2.02. The molecule has 0 aliphatic carbocycles. The summed E-state index contributed by atoms with van der Waals surface area (Å²) in [6.07, 6.45) is 5.21. The van der Waals surface area contributed by atoms with Gasteiger partial charge in [0, 0.05) is 6.20 Å². The molecule has 0 fully saturated rings. The van der Waals surface area contributed by atoms with E-state index in [0.717, 1.165) is 6.42 Å². The fraction of sp³-hybridized carbons (Fsp3) is 0.500. The quantitative estimate of drug-likeness (QED) is 0.744. The van der Waals surface area contributed by atoms with Gasteiger partial charge in [-0.05, 0) is 37.0 Å². The summed E-state index contributed by atoms with van der Waals surface area (Å²) in [7, 11) is 0. The van der Waals surface area contributed by atoms with Gasteiger partial charge in [0.2, 0.25) is 0 Å². The highest BCUT2D eigenvalue weighted by atomic mass is 14.8. The Kier molecular flexibility index (Phi) is 3.09. The summed E-state index contributed by atoms with van der Waals surface area (Å²) in [5.41, 5.74) is 8.23. The number of aryl methyl sites for hydroxylation is 1. The standard InChI is InChI=1S/C10H16N2/c1-3-4-5-9-8(2)6-7-12-10(9)11/h6-7H,3-5H2,1-2H3,(H2,11,12). The fourth-order valence-corrected chi connectivity index (χ4v) is 1.29. The molecule has 66 valence electrons. The fourth-order valence-electron chi connectivity index (χ4n) is 1.29. The first-order chi connectivity index (χ1) is 5.75. The maximum atomic E-state index is 5.75. The molecule has 0 spiro atoms. The van der Waals surface area contributed by atoms with Gasteiger partial charge in [-0.2, -0.15) is 0 Å². The SMILES string of the molecule is CCCCc1c(C)ccnc1N. The molecule has 0 amide bonds. The smallest absolute Gasteiger partial charge is 0.126 e. The zero-order chi connectivity index (χ0) is 8.97. The van der Waals surface area contributed by atoms with Crippen molar-refractivity contribution in [3.63, 3.8) is 0 Å². The van der Waals surface area contributed by atoms with Crippen LogP contribution in [0.2, 0.25) is 0 Å². The van der Waals surface area contributed by atoms with Crippen LogP contribution >= 0.6 is 0 Å². The molecule has 0 aliphatic heterocycles. The van der Waals surface area contributed by atoms with Gasteiger partial charge >= 0.3 is 0 Å². The Bertz CT molecular complexity index is 236. The number of nitrogens with zero attached hydrogens (tertiary/aromatic N) is 1. The minimum Gasteiger partial charge on any atom is -0.383 e. The Morgan fingerprint density at radius 1 is 1.50 bits per heavy atom. The van der Waals surface area contributed by atoms with Crippen molar-refractivity contribution in [2.45, 2.75) is 33.1 Å². The molecule has 1 aromatic rings. The van der Waals surface area contributed by atoms with Crippen molar-refractivity contribution in [1.29, 1.82) is 0 Å². The second kappa shape index (κ2) is 4.10. The van der Waals surface area contributed by atoms with E-state index < -0.39 is 0 Å². The van der Waals surface area contributed by atoms with E-state index in [4.69, 9.17) is 5.73 Å². The van der Waals surface area contributed by atoms with Crippen LogP contribution in [-0.4, -0.2) is 4.98 Å². The third-order valence-electron chi connectivity index (χ3n) is 2.10. The topological polar surface area (TPSA) is 38.9 Å². The van der Waals surface area contributed by atoms with Crippen LogP contribution in [0.15, 0.2) is 12.3 Å². The summed E-state index contributed by atoms with van der Waals surface area (Å²) >= 11 is 0. The van der Waals surface area contributed by atoms with Gasteiger partial charge in [-0.15, -0.1) is 0 Å². The predicted octanol–water partition coefficient (Wildman–Crippen LogP) is 2.31. The van der Waals surface area contributed by atoms with Crippen molar-refractivity contribution in [3.05, 3.63) is 23.4 Å². The summed E-state index contributed by atoms with van der Waals surface area (Å²) in [6.45, 7) is 4.27. The number of hydrogen-bond donors (Lipinski definition) is 1. The molecule has 0 aromatic carbocycles. The van der Waals surface area contributed by atoms with Gasteiger partial charge in [0.25, 0.3) is 0 Å². The van der Waals surface area contributed by atoms with Crippen molar-refractivity contribution in [1.82, 2.24) is 4.98 Å². The summed E-state index contributed by atoms with van der Waals surface area (Å²) in [4.78, 5) is 4.07. The Hall–Kier alpha value is -1.05. The molecule has 0 bridgehead atoms. The molecule has 0 atom stereocenters. The maximum Gasteiger partial charge on any atom is 0.126 e. The van der Waals surface area contributed by atoms with E-state index in [2.05, 4.69) is 18.8 Å². The zero-order valence-electron chi connectivity index (χ0n) is 7.80. The molecular formula is C10H16N2. The molecule has 0 saturated heterocycles. The van der Waals surface area contributed by atoms with E-state index in [1.54, 1.807) is 6.20 Å². The average Bonchev–Trinajstić information content (AvgIpc) is 2.04. The average molecular weight is 164 g/mol. The van der Waals surface area contributed by atoms with E-state index in [1.807, 2.05) is 6.07 Å². The number of anilines is 1. The van der Waals surface area contributed by atoms with Crippen LogP contribution in [0.25, 0.3) is 0 Å². The Morgan fingerprint density at radius 3 is 2.83 bits per heavy atom. The number of unbranched alkanes of at least 4 members (excludes halogenated alkanes) is 1. The van der Waals surface area contributed by atoms with Gasteiger partial charge in [-0.3, -0.25) is 0 Å². The van der Waals surface area contributed by atoms with Crippen molar-refractivity contribution in [3.8, 4) is 0 Å². The Morgan fingerprint density at radius 2 is 2.25 bits per heavy atom. The molecule has 0 saturated carbocycles. The first-order valence-corrected chi connectivity index (χ1v) is 4.45. The predicted molar refractivity (Wildman–Crippen MR) is 52.0 cm³/mol. The molecule has 2 nitrogen and oxygen atoms in total. The first-order valence-electron chi connectivity index (χ1n) is 4.45. The molecule has 2 heteroatoms. The summed E-state index contributed by atoms with van der Waals surface area (Å²) in [5.74, 6) is 0.698. The van der Waals surface area contributed by atoms with E-state index >= 15 is 0 Å². The maximum absolute atomic E-state index is 5.75. The van der Waals surface area contributed by atoms with Crippen molar-refractivity contribution in [2.24, 2.45) is 0 Å². The number of nitrogen functional groups attached to an aromatic ring is 1. The van der Waals surface area contributed by atoms with Crippen LogP contribution in [0.1, 0.15) is 30.9 Å². The molecule has 0 unspecified atom stereocenters. The van der Waals surface area contributed by atoms with Crippen molar-refractivity contribution < 1.29 is 0 Å². The lowest BCUT2D eigenvalue weighted by Gasteiger charge is -2.06. The van der Waals surface area contributed by atoms with Crippen molar-refractivity contribution >= 4 is 5.82 Å². The van der Waals surface area contributed by atoms with E-state index in [-0.39, 0.29) is 0 Å². The minimum absolute atomic E-state index is 0.698. The molecular weight excluding hydrogens is 148 g/mol. The molecule has 2 N–H and O–H groups in total. The van der Waals surface area contributed by atoms with Gasteiger partial charge < -0.3 is 5.73 Å². The minimum atomic E-state index is 0.698. The monoisotopic (exact) mass is 164 g/mol. The van der Waals surface area contributed by atoms with Crippen LogP contribution in [0, 0.1) is 6.92 Å². The van der Waals surface area contributed by atoms with Crippen molar-refractivity contribution in [2.75, 3.05) is 5.73 Å². The molecule has 12 heavy (non-hydrogen) atoms. The normalized spacial score (nSPS) is 10.2. The third kappa shape index (κ3) is 1.97. The van der Waals surface area contributed by atoms with E-state index in [1.165, 1.54) is 24.0 Å². The lowest BCUT2D eigenvalue weighted by molar-refractivity contribution is 0.790. The molecule has 1 heterocycles. The molecule has 1 rings (SSSR count). The van der Waals surface area contributed by atoms with E-state index in [0.29, 0.717) is 5.82 Å². The number of hydrogen-bond acceptors (Lipinski definition) is 2. The van der Waals surface area contributed by atoms with Gasteiger partial charge in [-0.25, -0.2) is 4.98 Å². The van der Waals surface area contributed by atoms with Gasteiger partial charge in [-0.1, -0.05) is 13.3 Å². The summed E-state index contributed by atoms with van der Waals surface area (Å²) in [5, 5.41) is 0. The molecule has 1 aromatic heterocycles. The van der Waals surface area contributed by atoms with Crippen LogP contribution in [0.4, 0.5) is 5.82 Å². The van der Waals surface area contributed by atoms with Crippen LogP contribution < -0.4 is 5.73 Å². The number of nitrogens with two attached hydrogens (primary N) is 1. The number of pyridine rings is 1. The van der Waals surface area contributed by atoms with Crippen LogP contribution in [-0.2, 0) is 6.42 Å². The molecule has 0 aliphatic rings. The number of aromatic nitrogens is 1. The lowest BCUT2D eigenvalue weighted by atomic mass is 10.0. The number of rotatable bonds is 3. The second-order valence-corrected chi connectivity index (χ2v) is 3.10. The summed E-state index contributed by atoms with van der Waals surface area (Å²) < 4.78 is 0. The third-order valence-corrected chi connectivity index (χ3v) is 2.10. The second-order valence-electron chi connectivity index (χ2n) is 3.10. The largest absolute Gasteiger partial charge is 0.383 e. The Balaban J connectivity index is 2.81. The van der Waals surface area contributed by atoms with Gasteiger partial charge in [0.05, 0.1) is 0 Å². The highest BCUT2D eigenvalue weighted by Gasteiger charge is 2.01. The van der Waals surface area contributed by atoms with Crippen LogP contribution in [0.5, 0.6) is 0 Å².